The first kappa shape index (κ1) is 17.4. The lowest BCUT2D eigenvalue weighted by molar-refractivity contribution is 0.0642. The van der Waals surface area contributed by atoms with Crippen molar-refractivity contribution in [2.75, 3.05) is 45.8 Å². The number of benzene rings is 1. The van der Waals surface area contributed by atoms with Crippen LogP contribution in [-0.2, 0) is 0 Å². The minimum Gasteiger partial charge on any atom is -0.338 e. The number of imide groups is 1. The molecule has 7 heteroatoms. The number of fused-ring (bicyclic) bond motifs is 1. The van der Waals surface area contributed by atoms with E-state index in [-0.39, 0.29) is 17.8 Å². The average Bonchev–Trinajstić information content (AvgIpc) is 2.88. The molecule has 0 radical (unpaired) electrons. The highest BCUT2D eigenvalue weighted by atomic mass is 16.2. The van der Waals surface area contributed by atoms with Gasteiger partial charge >= 0.3 is 6.03 Å². The van der Waals surface area contributed by atoms with Crippen LogP contribution in [0.3, 0.4) is 0 Å². The highest BCUT2D eigenvalue weighted by Gasteiger charge is 2.34. The molecule has 1 N–H and O–H groups in total. The van der Waals surface area contributed by atoms with E-state index in [9.17, 15) is 14.4 Å². The molecule has 1 aromatic carbocycles. The predicted molar refractivity (Wildman–Crippen MR) is 93.5 cm³/mol. The van der Waals surface area contributed by atoms with E-state index in [1.54, 1.807) is 24.3 Å². The highest BCUT2D eigenvalue weighted by Crippen LogP contribution is 2.22. The lowest BCUT2D eigenvalue weighted by atomic mass is 10.1. The first-order chi connectivity index (χ1) is 12.1. The van der Waals surface area contributed by atoms with Crippen LogP contribution in [0.5, 0.6) is 0 Å². The minimum absolute atomic E-state index is 0.00632. The summed E-state index contributed by atoms with van der Waals surface area (Å²) in [5, 5.41) is 2.82. The van der Waals surface area contributed by atoms with Gasteiger partial charge in [-0.15, -0.1) is 0 Å². The van der Waals surface area contributed by atoms with E-state index in [1.165, 1.54) is 4.90 Å². The van der Waals surface area contributed by atoms with Crippen LogP contribution in [0.15, 0.2) is 24.3 Å². The first-order valence-electron chi connectivity index (χ1n) is 8.82. The number of urea groups is 1. The molecule has 0 saturated carbocycles. The van der Waals surface area contributed by atoms with Gasteiger partial charge in [0.2, 0.25) is 0 Å². The summed E-state index contributed by atoms with van der Waals surface area (Å²) in [5.74, 6) is -0.386. The van der Waals surface area contributed by atoms with Crippen LogP contribution >= 0.6 is 0 Å². The van der Waals surface area contributed by atoms with E-state index in [0.717, 1.165) is 26.1 Å². The molecule has 25 heavy (non-hydrogen) atoms. The van der Waals surface area contributed by atoms with Gasteiger partial charge in [0.05, 0.1) is 11.1 Å². The third kappa shape index (κ3) is 3.66. The Balaban J connectivity index is 1.44. The molecule has 4 amide bonds. The van der Waals surface area contributed by atoms with Gasteiger partial charge in [0.15, 0.2) is 0 Å². The Labute approximate surface area is 147 Å². The van der Waals surface area contributed by atoms with E-state index in [2.05, 4.69) is 10.2 Å². The standard InChI is InChI=1S/C18H24N4O3/c1-2-19-18(25)21-12-10-20(11-13-21)8-5-9-22-16(23)14-6-3-4-7-15(14)17(22)24/h3-4,6-7H,2,5,8-13H2,1H3,(H,19,25). The number of hydrogen-bond donors (Lipinski definition) is 1. The van der Waals surface area contributed by atoms with E-state index in [1.807, 2.05) is 11.8 Å². The molecule has 1 aromatic rings. The van der Waals surface area contributed by atoms with E-state index in [0.29, 0.717) is 37.3 Å². The van der Waals surface area contributed by atoms with Crippen LogP contribution < -0.4 is 5.32 Å². The van der Waals surface area contributed by atoms with E-state index < -0.39 is 0 Å². The monoisotopic (exact) mass is 344 g/mol. The Bertz CT molecular complexity index is 633. The lowest BCUT2D eigenvalue weighted by Crippen LogP contribution is -2.52. The zero-order valence-electron chi connectivity index (χ0n) is 14.5. The molecule has 0 aliphatic carbocycles. The predicted octanol–water partition coefficient (Wildman–Crippen LogP) is 1.02. The molecule has 2 aliphatic heterocycles. The fraction of sp³-hybridized carbons (Fsp3) is 0.500. The van der Waals surface area contributed by atoms with Crippen LogP contribution in [-0.4, -0.2) is 78.4 Å². The molecular formula is C18H24N4O3. The topological polar surface area (TPSA) is 73.0 Å². The summed E-state index contributed by atoms with van der Waals surface area (Å²) in [5.41, 5.74) is 1.01. The second-order valence-electron chi connectivity index (χ2n) is 6.33. The second kappa shape index (κ2) is 7.65. The summed E-state index contributed by atoms with van der Waals surface area (Å²) in [6.07, 6.45) is 0.743. The zero-order valence-corrected chi connectivity index (χ0v) is 14.5. The van der Waals surface area contributed by atoms with Crippen LogP contribution in [0.4, 0.5) is 4.79 Å². The van der Waals surface area contributed by atoms with Gasteiger partial charge in [-0.3, -0.25) is 19.4 Å². The molecule has 3 rings (SSSR count). The normalized spacial score (nSPS) is 17.8. The molecule has 1 fully saturated rings. The molecular weight excluding hydrogens is 320 g/mol. The summed E-state index contributed by atoms with van der Waals surface area (Å²) in [6.45, 7) is 6.85. The van der Waals surface area contributed by atoms with Gasteiger partial charge in [-0.1, -0.05) is 12.1 Å². The number of carbonyl (C=O) groups is 3. The van der Waals surface area contributed by atoms with Gasteiger partial charge in [0.25, 0.3) is 11.8 Å². The van der Waals surface area contributed by atoms with Crippen molar-refractivity contribution >= 4 is 17.8 Å². The molecule has 7 nitrogen and oxygen atoms in total. The molecule has 0 spiro atoms. The van der Waals surface area contributed by atoms with Crippen molar-refractivity contribution in [2.45, 2.75) is 13.3 Å². The van der Waals surface area contributed by atoms with E-state index in [4.69, 9.17) is 0 Å². The molecule has 0 atom stereocenters. The van der Waals surface area contributed by atoms with Crippen molar-refractivity contribution in [3.8, 4) is 0 Å². The second-order valence-corrected chi connectivity index (χ2v) is 6.33. The number of hydrogen-bond acceptors (Lipinski definition) is 4. The molecule has 2 heterocycles. The average molecular weight is 344 g/mol. The van der Waals surface area contributed by atoms with Gasteiger partial charge in [0.1, 0.15) is 0 Å². The molecule has 2 aliphatic rings. The molecule has 0 unspecified atom stereocenters. The zero-order chi connectivity index (χ0) is 17.8. The summed E-state index contributed by atoms with van der Waals surface area (Å²) in [4.78, 5) is 41.8. The Hall–Kier alpha value is -2.41. The highest BCUT2D eigenvalue weighted by molar-refractivity contribution is 6.21. The number of nitrogens with zero attached hydrogens (tertiary/aromatic N) is 3. The largest absolute Gasteiger partial charge is 0.338 e. The summed E-state index contributed by atoms with van der Waals surface area (Å²) in [6, 6.07) is 6.96. The maximum Gasteiger partial charge on any atom is 0.317 e. The van der Waals surface area contributed by atoms with Crippen LogP contribution in [0.1, 0.15) is 34.1 Å². The van der Waals surface area contributed by atoms with Gasteiger partial charge in [-0.05, 0) is 32.0 Å². The molecule has 134 valence electrons. The van der Waals surface area contributed by atoms with Crippen LogP contribution in [0, 0.1) is 0 Å². The molecule has 0 aromatic heterocycles. The van der Waals surface area contributed by atoms with Crippen molar-refractivity contribution in [2.24, 2.45) is 0 Å². The van der Waals surface area contributed by atoms with E-state index >= 15 is 0 Å². The Kier molecular flexibility index (Phi) is 5.33. The summed E-state index contributed by atoms with van der Waals surface area (Å²) in [7, 11) is 0. The van der Waals surface area contributed by atoms with Crippen LogP contribution in [0.25, 0.3) is 0 Å². The maximum atomic E-state index is 12.3. The number of rotatable bonds is 5. The third-order valence-electron chi connectivity index (χ3n) is 4.72. The van der Waals surface area contributed by atoms with Crippen molar-refractivity contribution in [1.29, 1.82) is 0 Å². The first-order valence-corrected chi connectivity index (χ1v) is 8.82. The summed E-state index contributed by atoms with van der Waals surface area (Å²) < 4.78 is 0. The fourth-order valence-electron chi connectivity index (χ4n) is 3.33. The van der Waals surface area contributed by atoms with Gasteiger partial charge in [-0.25, -0.2) is 4.79 Å². The minimum atomic E-state index is -0.193. The number of carbonyl (C=O) groups excluding carboxylic acids is 3. The number of amides is 4. The lowest BCUT2D eigenvalue weighted by Gasteiger charge is -2.34. The Morgan fingerprint density at radius 3 is 2.16 bits per heavy atom. The van der Waals surface area contributed by atoms with Crippen molar-refractivity contribution in [3.05, 3.63) is 35.4 Å². The third-order valence-corrected chi connectivity index (χ3v) is 4.72. The Morgan fingerprint density at radius 2 is 1.60 bits per heavy atom. The van der Waals surface area contributed by atoms with Crippen molar-refractivity contribution in [1.82, 2.24) is 20.0 Å². The van der Waals surface area contributed by atoms with Crippen molar-refractivity contribution in [3.63, 3.8) is 0 Å². The van der Waals surface area contributed by atoms with Gasteiger partial charge in [0, 0.05) is 39.3 Å². The fourth-order valence-corrected chi connectivity index (χ4v) is 3.33. The van der Waals surface area contributed by atoms with Gasteiger partial charge in [-0.2, -0.15) is 0 Å². The smallest absolute Gasteiger partial charge is 0.317 e. The molecule has 0 bridgehead atoms. The van der Waals surface area contributed by atoms with Gasteiger partial charge < -0.3 is 10.2 Å². The Morgan fingerprint density at radius 1 is 1.00 bits per heavy atom. The van der Waals surface area contributed by atoms with Crippen LogP contribution in [0.2, 0.25) is 0 Å². The number of nitrogens with one attached hydrogen (secondary N) is 1. The maximum absolute atomic E-state index is 12.3. The summed E-state index contributed by atoms with van der Waals surface area (Å²) >= 11 is 0. The van der Waals surface area contributed by atoms with Crippen molar-refractivity contribution < 1.29 is 14.4 Å². The SMILES string of the molecule is CCNC(=O)N1CCN(CCCN2C(=O)c3ccccc3C2=O)CC1. The quantitative estimate of drug-likeness (QED) is 0.810. The molecule has 1 saturated heterocycles. The number of piperazine rings is 1.